The zero-order valence-corrected chi connectivity index (χ0v) is 14.6. The normalized spacial score (nSPS) is 21.2. The molecule has 4 nitrogen and oxygen atoms in total. The molecule has 0 radical (unpaired) electrons. The number of hydrogen-bond donors (Lipinski definition) is 1. The zero-order chi connectivity index (χ0) is 15.9. The van der Waals surface area contributed by atoms with E-state index in [1.807, 2.05) is 17.4 Å². The van der Waals surface area contributed by atoms with Crippen molar-refractivity contribution in [3.8, 4) is 0 Å². The lowest BCUT2D eigenvalue weighted by Gasteiger charge is -2.31. The molecule has 124 valence electrons. The molecule has 5 rings (SSSR count). The van der Waals surface area contributed by atoms with Crippen molar-refractivity contribution < 1.29 is 0 Å². The van der Waals surface area contributed by atoms with Crippen LogP contribution in [0, 0.1) is 0 Å². The van der Waals surface area contributed by atoms with E-state index >= 15 is 0 Å². The van der Waals surface area contributed by atoms with Gasteiger partial charge in [-0.3, -0.25) is 0 Å². The summed E-state index contributed by atoms with van der Waals surface area (Å²) in [5.41, 5.74) is 3.57. The van der Waals surface area contributed by atoms with Gasteiger partial charge in [0.25, 0.3) is 0 Å². The Hall–Kier alpha value is -1.88. The fourth-order valence-corrected chi connectivity index (χ4v) is 5.29. The maximum atomic E-state index is 5.01. The van der Waals surface area contributed by atoms with E-state index in [1.54, 1.807) is 4.88 Å². The highest BCUT2D eigenvalue weighted by atomic mass is 32.1. The molecule has 2 aromatic heterocycles. The Balaban J connectivity index is 1.40. The number of imidazole rings is 1. The highest BCUT2D eigenvalue weighted by Crippen LogP contribution is 2.35. The van der Waals surface area contributed by atoms with Crippen LogP contribution in [0.25, 0.3) is 11.0 Å². The number of hydrogen-bond acceptors (Lipinski definition) is 4. The largest absolute Gasteiger partial charge is 0.342 e. The first-order valence-corrected chi connectivity index (χ1v) is 9.86. The van der Waals surface area contributed by atoms with Crippen LogP contribution in [0.3, 0.4) is 0 Å². The molecule has 0 saturated carbocycles. The van der Waals surface area contributed by atoms with E-state index in [-0.39, 0.29) is 0 Å². The number of aromatic nitrogens is 3. The number of nitrogens with one attached hydrogen (secondary N) is 1. The molecule has 1 atom stereocenters. The minimum atomic E-state index is 0.558. The maximum absolute atomic E-state index is 5.01. The van der Waals surface area contributed by atoms with E-state index < -0.39 is 0 Å². The maximum Gasteiger partial charge on any atom is 0.203 e. The van der Waals surface area contributed by atoms with Gasteiger partial charge in [0, 0.05) is 23.9 Å². The van der Waals surface area contributed by atoms with Gasteiger partial charge >= 0.3 is 0 Å². The minimum absolute atomic E-state index is 0.558. The first kappa shape index (κ1) is 14.5. The molecular formula is C19H22N4S. The number of rotatable bonds is 2. The Morgan fingerprint density at radius 3 is 2.92 bits per heavy atom. The monoisotopic (exact) mass is 338 g/mol. The van der Waals surface area contributed by atoms with Crippen LogP contribution in [0.4, 0.5) is 5.95 Å². The van der Waals surface area contributed by atoms with Crippen molar-refractivity contribution in [2.24, 2.45) is 0 Å². The van der Waals surface area contributed by atoms with Crippen molar-refractivity contribution in [1.82, 2.24) is 15.0 Å². The van der Waals surface area contributed by atoms with E-state index in [9.17, 15) is 0 Å². The van der Waals surface area contributed by atoms with Gasteiger partial charge in [0.2, 0.25) is 5.95 Å². The lowest BCUT2D eigenvalue weighted by atomic mass is 9.98. The molecule has 1 fully saturated rings. The Bertz CT molecular complexity index is 809. The Labute approximate surface area is 145 Å². The van der Waals surface area contributed by atoms with Crippen molar-refractivity contribution in [3.63, 3.8) is 0 Å². The van der Waals surface area contributed by atoms with Gasteiger partial charge in [-0.1, -0.05) is 12.1 Å². The third-order valence-electron chi connectivity index (χ3n) is 5.31. The number of H-pyrrole nitrogens is 1. The molecule has 2 aliphatic rings. The van der Waals surface area contributed by atoms with Crippen molar-refractivity contribution in [1.29, 1.82) is 0 Å². The third kappa shape index (κ3) is 2.51. The van der Waals surface area contributed by atoms with Gasteiger partial charge in [-0.05, 0) is 50.7 Å². The summed E-state index contributed by atoms with van der Waals surface area (Å²) in [6.45, 7) is 2.12. The number of aromatic amines is 1. The van der Waals surface area contributed by atoms with Crippen LogP contribution in [0.2, 0.25) is 0 Å². The van der Waals surface area contributed by atoms with Gasteiger partial charge < -0.3 is 9.88 Å². The quantitative estimate of drug-likeness (QED) is 0.758. The van der Waals surface area contributed by atoms with E-state index in [0.29, 0.717) is 5.92 Å². The van der Waals surface area contributed by atoms with Crippen LogP contribution in [0.5, 0.6) is 0 Å². The van der Waals surface area contributed by atoms with E-state index in [0.717, 1.165) is 30.1 Å². The highest BCUT2D eigenvalue weighted by Gasteiger charge is 2.27. The first-order valence-electron chi connectivity index (χ1n) is 9.05. The van der Waals surface area contributed by atoms with Crippen LogP contribution in [-0.4, -0.2) is 28.0 Å². The first-order chi connectivity index (χ1) is 11.9. The number of fused-ring (bicyclic) bond motifs is 2. The minimum Gasteiger partial charge on any atom is -0.342 e. The molecule has 0 amide bonds. The summed E-state index contributed by atoms with van der Waals surface area (Å²) in [6.07, 6.45) is 7.55. The number of benzene rings is 1. The molecule has 0 spiro atoms. The zero-order valence-electron chi connectivity index (χ0n) is 13.8. The molecule has 3 aromatic rings. The van der Waals surface area contributed by atoms with Gasteiger partial charge in [-0.2, -0.15) is 0 Å². The molecule has 24 heavy (non-hydrogen) atoms. The molecule has 1 unspecified atom stereocenters. The average molecular weight is 338 g/mol. The Morgan fingerprint density at radius 1 is 1.08 bits per heavy atom. The Kier molecular flexibility index (Phi) is 3.55. The van der Waals surface area contributed by atoms with Gasteiger partial charge in [-0.25, -0.2) is 9.97 Å². The topological polar surface area (TPSA) is 44.8 Å². The number of aryl methyl sites for hydroxylation is 2. The number of para-hydroxylation sites is 2. The number of nitrogens with zero attached hydrogens (tertiary/aromatic N) is 3. The van der Waals surface area contributed by atoms with Gasteiger partial charge in [0.1, 0.15) is 0 Å². The third-order valence-corrected chi connectivity index (χ3v) is 6.63. The fourth-order valence-electron chi connectivity index (χ4n) is 4.01. The molecule has 1 saturated heterocycles. The van der Waals surface area contributed by atoms with E-state index in [2.05, 4.69) is 28.1 Å². The average Bonchev–Trinajstić information content (AvgIpc) is 3.26. The van der Waals surface area contributed by atoms with E-state index in [1.165, 1.54) is 49.2 Å². The molecule has 1 N–H and O–H groups in total. The van der Waals surface area contributed by atoms with Crippen molar-refractivity contribution in [2.45, 2.75) is 44.4 Å². The lowest BCUT2D eigenvalue weighted by Crippen LogP contribution is -2.35. The summed E-state index contributed by atoms with van der Waals surface area (Å²) in [7, 11) is 0. The summed E-state index contributed by atoms with van der Waals surface area (Å²) in [5.74, 6) is 1.57. The predicted octanol–water partition coefficient (Wildman–Crippen LogP) is 4.28. The molecule has 5 heteroatoms. The van der Waals surface area contributed by atoms with Gasteiger partial charge in [-0.15, -0.1) is 11.3 Å². The molecule has 1 aromatic carbocycles. The van der Waals surface area contributed by atoms with Crippen LogP contribution in [0.15, 0.2) is 24.3 Å². The molecule has 3 heterocycles. The number of piperidine rings is 1. The number of thiazole rings is 1. The Morgan fingerprint density at radius 2 is 2.00 bits per heavy atom. The van der Waals surface area contributed by atoms with Crippen molar-refractivity contribution in [3.05, 3.63) is 39.8 Å². The summed E-state index contributed by atoms with van der Waals surface area (Å²) in [4.78, 5) is 17.2. The second-order valence-electron chi connectivity index (χ2n) is 6.99. The van der Waals surface area contributed by atoms with Crippen LogP contribution in [-0.2, 0) is 12.8 Å². The summed E-state index contributed by atoms with van der Waals surface area (Å²) >= 11 is 1.98. The molecule has 1 aliphatic carbocycles. The molecular weight excluding hydrogens is 316 g/mol. The summed E-state index contributed by atoms with van der Waals surface area (Å²) in [5, 5.41) is 1.36. The SMILES string of the molecule is c1ccc2[nH]c(N3CCCC(c4nc5c(s4)CCCC5)C3)nc2c1. The second-order valence-corrected chi connectivity index (χ2v) is 8.11. The van der Waals surface area contributed by atoms with Crippen LogP contribution >= 0.6 is 11.3 Å². The molecule has 1 aliphatic heterocycles. The lowest BCUT2D eigenvalue weighted by molar-refractivity contribution is 0.502. The number of anilines is 1. The second kappa shape index (κ2) is 5.88. The highest BCUT2D eigenvalue weighted by molar-refractivity contribution is 7.11. The molecule has 0 bridgehead atoms. The van der Waals surface area contributed by atoms with Crippen LogP contribution < -0.4 is 4.90 Å². The van der Waals surface area contributed by atoms with Crippen molar-refractivity contribution >= 4 is 28.3 Å². The standard InChI is InChI=1S/C19H22N4S/c1-2-8-15-14(7-1)21-19(22-15)23-11-5-6-13(12-23)18-20-16-9-3-4-10-17(16)24-18/h1-2,7-8,13H,3-6,9-12H2,(H,21,22). The smallest absolute Gasteiger partial charge is 0.203 e. The van der Waals surface area contributed by atoms with Gasteiger partial charge in [0.15, 0.2) is 0 Å². The summed E-state index contributed by atoms with van der Waals surface area (Å²) < 4.78 is 0. The fraction of sp³-hybridized carbons (Fsp3) is 0.474. The van der Waals surface area contributed by atoms with E-state index in [4.69, 9.17) is 9.97 Å². The summed E-state index contributed by atoms with van der Waals surface area (Å²) in [6, 6.07) is 8.28. The van der Waals surface area contributed by atoms with Crippen molar-refractivity contribution in [2.75, 3.05) is 18.0 Å². The van der Waals surface area contributed by atoms with Gasteiger partial charge in [0.05, 0.1) is 21.7 Å². The predicted molar refractivity (Wildman–Crippen MR) is 99.0 cm³/mol. The van der Waals surface area contributed by atoms with Crippen LogP contribution in [0.1, 0.15) is 47.2 Å².